The molecule has 2 heterocycles. The molecule has 4 aromatic rings. The van der Waals surface area contributed by atoms with Crippen molar-refractivity contribution in [3.05, 3.63) is 71.2 Å². The number of benzene rings is 2. The van der Waals surface area contributed by atoms with E-state index in [0.29, 0.717) is 22.9 Å². The molecule has 2 aromatic heterocycles. The third-order valence-corrected chi connectivity index (χ3v) is 5.94. The third-order valence-electron chi connectivity index (χ3n) is 4.84. The molecule has 0 saturated heterocycles. The summed E-state index contributed by atoms with van der Waals surface area (Å²) < 4.78 is 12.8. The van der Waals surface area contributed by atoms with Crippen LogP contribution >= 0.6 is 11.3 Å². The minimum atomic E-state index is -0.978. The fourth-order valence-corrected chi connectivity index (χ4v) is 4.32. The molecule has 7 nitrogen and oxygen atoms in total. The van der Waals surface area contributed by atoms with E-state index in [-0.39, 0.29) is 0 Å². The summed E-state index contributed by atoms with van der Waals surface area (Å²) in [6.45, 7) is 5.78. The molecular weight excluding hydrogens is 426 g/mol. The molecule has 1 unspecified atom stereocenters. The van der Waals surface area contributed by atoms with Gasteiger partial charge in [0.1, 0.15) is 15.5 Å². The number of fused-ring (bicyclic) bond motifs is 1. The second kappa shape index (κ2) is 9.23. The van der Waals surface area contributed by atoms with Crippen molar-refractivity contribution in [2.45, 2.75) is 26.9 Å². The molecule has 0 aliphatic rings. The topological polar surface area (TPSA) is 82.4 Å². The fourth-order valence-electron chi connectivity index (χ4n) is 3.25. The van der Waals surface area contributed by atoms with E-state index >= 15 is 0 Å². The molecule has 0 bridgehead atoms. The van der Waals surface area contributed by atoms with Gasteiger partial charge in [0, 0.05) is 5.39 Å². The summed E-state index contributed by atoms with van der Waals surface area (Å²) in [6, 6.07) is 18.6. The number of nitrogens with one attached hydrogen (secondary N) is 1. The van der Waals surface area contributed by atoms with Crippen LogP contribution in [0.3, 0.4) is 0 Å². The molecule has 0 aliphatic carbocycles. The number of aromatic nitrogens is 2. The number of carbonyl (C=O) groups is 2. The van der Waals surface area contributed by atoms with Gasteiger partial charge in [-0.3, -0.25) is 4.79 Å². The number of anilines is 1. The van der Waals surface area contributed by atoms with Gasteiger partial charge in [-0.25, -0.2) is 9.48 Å². The van der Waals surface area contributed by atoms with Crippen molar-refractivity contribution < 1.29 is 19.1 Å². The SMILES string of the molecule is CCOc1ccccc1NC(=O)C(C)OC(=O)c1cc2c(C)nn(-c3ccccc3)c2s1. The number of hydrogen-bond donors (Lipinski definition) is 1. The molecule has 1 atom stereocenters. The smallest absolute Gasteiger partial charge is 0.349 e. The average molecular weight is 450 g/mol. The standard InChI is InChI=1S/C24H23N3O4S/c1-4-30-20-13-9-8-12-19(20)25-22(28)16(3)31-24(29)21-14-18-15(2)26-27(23(18)32-21)17-10-6-5-7-11-17/h5-14,16H,4H2,1-3H3,(H,25,28). The number of aryl methyl sites for hydroxylation is 1. The number of esters is 1. The summed E-state index contributed by atoms with van der Waals surface area (Å²) in [5.74, 6) is -0.420. The number of thiophene rings is 1. The van der Waals surface area contributed by atoms with Crippen LogP contribution < -0.4 is 10.1 Å². The molecule has 4 rings (SSSR count). The van der Waals surface area contributed by atoms with E-state index in [4.69, 9.17) is 9.47 Å². The first-order chi connectivity index (χ1) is 15.5. The largest absolute Gasteiger partial charge is 0.492 e. The van der Waals surface area contributed by atoms with Crippen LogP contribution in [0, 0.1) is 6.92 Å². The number of carbonyl (C=O) groups excluding carboxylic acids is 2. The van der Waals surface area contributed by atoms with Gasteiger partial charge in [0.15, 0.2) is 6.10 Å². The van der Waals surface area contributed by atoms with Crippen molar-refractivity contribution in [2.75, 3.05) is 11.9 Å². The number of hydrogen-bond acceptors (Lipinski definition) is 6. The van der Waals surface area contributed by atoms with E-state index in [1.54, 1.807) is 31.2 Å². The summed E-state index contributed by atoms with van der Waals surface area (Å²) in [6.07, 6.45) is -0.978. The van der Waals surface area contributed by atoms with Crippen LogP contribution in [0.25, 0.3) is 15.9 Å². The highest BCUT2D eigenvalue weighted by Crippen LogP contribution is 2.31. The molecular formula is C24H23N3O4S. The van der Waals surface area contributed by atoms with Crippen molar-refractivity contribution in [1.29, 1.82) is 0 Å². The van der Waals surface area contributed by atoms with Crippen LogP contribution in [-0.2, 0) is 9.53 Å². The lowest BCUT2D eigenvalue weighted by Gasteiger charge is -2.15. The maximum Gasteiger partial charge on any atom is 0.349 e. The first kappa shape index (κ1) is 21.6. The molecule has 0 fully saturated rings. The molecule has 1 amide bonds. The van der Waals surface area contributed by atoms with Crippen molar-refractivity contribution in [3.8, 4) is 11.4 Å². The van der Waals surface area contributed by atoms with Gasteiger partial charge in [0.2, 0.25) is 0 Å². The van der Waals surface area contributed by atoms with Crippen LogP contribution in [0.15, 0.2) is 60.7 Å². The predicted octanol–water partition coefficient (Wildman–Crippen LogP) is 4.98. The van der Waals surface area contributed by atoms with Gasteiger partial charge >= 0.3 is 5.97 Å². The molecule has 0 spiro atoms. The van der Waals surface area contributed by atoms with Crippen molar-refractivity contribution >= 4 is 39.1 Å². The molecule has 0 radical (unpaired) electrons. The molecule has 8 heteroatoms. The number of nitrogens with zero attached hydrogens (tertiary/aromatic N) is 2. The number of rotatable bonds is 7. The van der Waals surface area contributed by atoms with E-state index in [0.717, 1.165) is 21.6 Å². The fraction of sp³-hybridized carbons (Fsp3) is 0.208. The third kappa shape index (κ3) is 4.36. The van der Waals surface area contributed by atoms with Crippen molar-refractivity contribution in [1.82, 2.24) is 9.78 Å². The zero-order chi connectivity index (χ0) is 22.7. The van der Waals surface area contributed by atoms with Crippen LogP contribution in [0.2, 0.25) is 0 Å². The molecule has 164 valence electrons. The van der Waals surface area contributed by atoms with Gasteiger partial charge in [-0.15, -0.1) is 11.3 Å². The molecule has 32 heavy (non-hydrogen) atoms. The zero-order valence-electron chi connectivity index (χ0n) is 18.0. The van der Waals surface area contributed by atoms with Gasteiger partial charge in [-0.2, -0.15) is 5.10 Å². The summed E-state index contributed by atoms with van der Waals surface area (Å²) in [5, 5.41) is 8.22. The average Bonchev–Trinajstić information content (AvgIpc) is 3.36. The van der Waals surface area contributed by atoms with Crippen molar-refractivity contribution in [3.63, 3.8) is 0 Å². The zero-order valence-corrected chi connectivity index (χ0v) is 18.8. The summed E-state index contributed by atoms with van der Waals surface area (Å²) >= 11 is 1.29. The Kier molecular flexibility index (Phi) is 6.23. The van der Waals surface area contributed by atoms with Gasteiger partial charge < -0.3 is 14.8 Å². The second-order valence-corrected chi connectivity index (χ2v) is 8.16. The Morgan fingerprint density at radius 2 is 1.84 bits per heavy atom. The second-order valence-electron chi connectivity index (χ2n) is 7.13. The van der Waals surface area contributed by atoms with E-state index in [9.17, 15) is 9.59 Å². The lowest BCUT2D eigenvalue weighted by molar-refractivity contribution is -0.123. The Hall–Kier alpha value is -3.65. The monoisotopic (exact) mass is 449 g/mol. The summed E-state index contributed by atoms with van der Waals surface area (Å²) in [5.41, 5.74) is 2.26. The highest BCUT2D eigenvalue weighted by atomic mass is 32.1. The minimum Gasteiger partial charge on any atom is -0.492 e. The molecule has 0 aliphatic heterocycles. The summed E-state index contributed by atoms with van der Waals surface area (Å²) in [7, 11) is 0. The lowest BCUT2D eigenvalue weighted by Crippen LogP contribution is -2.30. The Morgan fingerprint density at radius 3 is 2.59 bits per heavy atom. The quantitative estimate of drug-likeness (QED) is 0.403. The first-order valence-electron chi connectivity index (χ1n) is 10.3. The van der Waals surface area contributed by atoms with Crippen molar-refractivity contribution in [2.24, 2.45) is 0 Å². The molecule has 1 N–H and O–H groups in total. The van der Waals surface area contributed by atoms with Crippen LogP contribution in [0.5, 0.6) is 5.75 Å². The Labute approximate surface area is 189 Å². The predicted molar refractivity (Wildman–Crippen MR) is 125 cm³/mol. The van der Waals surface area contributed by atoms with Gasteiger partial charge in [0.05, 0.1) is 23.7 Å². The number of amides is 1. The van der Waals surface area contributed by atoms with E-state index in [1.165, 1.54) is 11.3 Å². The van der Waals surface area contributed by atoms with Gasteiger partial charge in [-0.1, -0.05) is 30.3 Å². The summed E-state index contributed by atoms with van der Waals surface area (Å²) in [4.78, 5) is 26.6. The van der Waals surface area contributed by atoms with Crippen LogP contribution in [0.4, 0.5) is 5.69 Å². The van der Waals surface area contributed by atoms with Crippen LogP contribution in [0.1, 0.15) is 29.2 Å². The highest BCUT2D eigenvalue weighted by molar-refractivity contribution is 7.20. The lowest BCUT2D eigenvalue weighted by atomic mass is 10.2. The molecule has 2 aromatic carbocycles. The van der Waals surface area contributed by atoms with Gasteiger partial charge in [-0.05, 0) is 51.1 Å². The maximum atomic E-state index is 12.8. The molecule has 0 saturated carbocycles. The Bertz CT molecular complexity index is 1260. The van der Waals surface area contributed by atoms with E-state index < -0.39 is 18.0 Å². The number of para-hydroxylation sites is 3. The normalized spacial score (nSPS) is 11.8. The highest BCUT2D eigenvalue weighted by Gasteiger charge is 2.23. The Morgan fingerprint density at radius 1 is 1.12 bits per heavy atom. The van der Waals surface area contributed by atoms with Gasteiger partial charge in [0.25, 0.3) is 5.91 Å². The minimum absolute atomic E-state index is 0.416. The first-order valence-corrected chi connectivity index (χ1v) is 11.1. The van der Waals surface area contributed by atoms with E-state index in [2.05, 4.69) is 10.4 Å². The van der Waals surface area contributed by atoms with Crippen LogP contribution in [-0.4, -0.2) is 34.4 Å². The maximum absolute atomic E-state index is 12.8. The Balaban J connectivity index is 1.50. The number of ether oxygens (including phenoxy) is 2. The van der Waals surface area contributed by atoms with E-state index in [1.807, 2.05) is 54.9 Å².